The predicted octanol–water partition coefficient (Wildman–Crippen LogP) is -0.126. The Hall–Kier alpha value is -0.610. The van der Waals surface area contributed by atoms with Crippen molar-refractivity contribution in [3.8, 4) is 0 Å². The third kappa shape index (κ3) is 9.69. The van der Waals surface area contributed by atoms with Crippen LogP contribution in [0.2, 0.25) is 0 Å². The molecule has 0 heterocycles. The van der Waals surface area contributed by atoms with Gasteiger partial charge in [0.2, 0.25) is 0 Å². The number of hydrogen-bond donors (Lipinski definition) is 0. The molecule has 0 aliphatic rings. The summed E-state index contributed by atoms with van der Waals surface area (Å²) in [5.41, 5.74) is 0. The van der Waals surface area contributed by atoms with Crippen LogP contribution < -0.4 is 5.11 Å². The first kappa shape index (κ1) is 14.4. The monoisotopic (exact) mass is 217 g/mol. The maximum absolute atomic E-state index is 10.5. The number of carbonyl (C=O) groups excluding carboxylic acids is 1. The molecule has 0 aliphatic heterocycles. The van der Waals surface area contributed by atoms with Gasteiger partial charge in [0.15, 0.2) is 0 Å². The van der Waals surface area contributed by atoms with Crippen LogP contribution in [0.4, 0.5) is 0 Å². The van der Waals surface area contributed by atoms with Crippen molar-refractivity contribution in [1.29, 1.82) is 0 Å². The number of ether oxygens (including phenoxy) is 1. The molecular formula is C11H23NO3. The summed E-state index contributed by atoms with van der Waals surface area (Å²) in [4.78, 5) is 10.5. The lowest BCUT2D eigenvalue weighted by molar-refractivity contribution is -0.873. The molecule has 90 valence electrons. The summed E-state index contributed by atoms with van der Waals surface area (Å²) in [6, 6.07) is 0. The van der Waals surface area contributed by atoms with Crippen LogP contribution in [-0.4, -0.2) is 50.9 Å². The van der Waals surface area contributed by atoms with Crippen LogP contribution in [0.3, 0.4) is 0 Å². The molecule has 0 N–H and O–H groups in total. The maximum Gasteiger partial charge on any atom is 0.112 e. The van der Waals surface area contributed by atoms with Gasteiger partial charge in [-0.05, 0) is 5.92 Å². The highest BCUT2D eigenvalue weighted by atomic mass is 16.5. The van der Waals surface area contributed by atoms with Gasteiger partial charge >= 0.3 is 0 Å². The Labute approximate surface area is 92.4 Å². The molecule has 0 radical (unpaired) electrons. The van der Waals surface area contributed by atoms with Gasteiger partial charge in [-0.25, -0.2) is 0 Å². The Bertz CT molecular complexity index is 196. The van der Waals surface area contributed by atoms with Gasteiger partial charge in [0.05, 0.1) is 21.1 Å². The average Bonchev–Trinajstić information content (AvgIpc) is 1.95. The van der Waals surface area contributed by atoms with Gasteiger partial charge < -0.3 is 19.1 Å². The molecule has 0 unspecified atom stereocenters. The van der Waals surface area contributed by atoms with Crippen molar-refractivity contribution in [2.24, 2.45) is 5.92 Å². The molecule has 0 aromatic heterocycles. The quantitative estimate of drug-likeness (QED) is 0.558. The number of aliphatic carboxylic acids is 1. The second-order valence-electron chi connectivity index (χ2n) is 5.40. The van der Waals surface area contributed by atoms with Gasteiger partial charge in [-0.15, -0.1) is 0 Å². The number of hydrogen-bond acceptors (Lipinski definition) is 3. The van der Waals surface area contributed by atoms with E-state index in [2.05, 4.69) is 0 Å². The van der Waals surface area contributed by atoms with Gasteiger partial charge in [0, 0.05) is 19.0 Å². The van der Waals surface area contributed by atoms with Crippen LogP contribution in [0.15, 0.2) is 0 Å². The normalized spacial score (nSPS) is 14.3. The molecule has 0 spiro atoms. The van der Waals surface area contributed by atoms with Crippen molar-refractivity contribution in [1.82, 2.24) is 0 Å². The fraction of sp³-hybridized carbons (Fsp3) is 0.909. The molecule has 4 nitrogen and oxygen atoms in total. The van der Waals surface area contributed by atoms with E-state index in [9.17, 15) is 9.90 Å². The Kier molecular flexibility index (Phi) is 5.83. The number of likely N-dealkylation sites (N-methyl/N-ethyl adjacent to an activating group) is 1. The van der Waals surface area contributed by atoms with E-state index in [4.69, 9.17) is 4.74 Å². The molecule has 0 fully saturated rings. The smallest absolute Gasteiger partial charge is 0.112 e. The van der Waals surface area contributed by atoms with E-state index in [1.165, 1.54) is 0 Å². The Balaban J connectivity index is 4.12. The summed E-state index contributed by atoms with van der Waals surface area (Å²) in [5, 5.41) is 10.5. The highest BCUT2D eigenvalue weighted by Gasteiger charge is 2.19. The first-order chi connectivity index (χ1) is 6.70. The van der Waals surface area contributed by atoms with Gasteiger partial charge in [-0.1, -0.05) is 13.8 Å². The molecule has 0 bridgehead atoms. The standard InChI is InChI=1S/C11H23NO3/c1-9(2)8-15-10(6-11(13)14)7-12(3,4)5/h9-10H,6-8H2,1-5H3/t10-/m1/s1. The molecule has 0 saturated carbocycles. The zero-order chi connectivity index (χ0) is 12.1. The van der Waals surface area contributed by atoms with Crippen LogP contribution in [-0.2, 0) is 9.53 Å². The summed E-state index contributed by atoms with van der Waals surface area (Å²) in [5.74, 6) is -0.626. The molecule has 15 heavy (non-hydrogen) atoms. The Morgan fingerprint density at radius 3 is 2.20 bits per heavy atom. The van der Waals surface area contributed by atoms with Crippen molar-refractivity contribution < 1.29 is 19.1 Å². The molecule has 0 aromatic carbocycles. The van der Waals surface area contributed by atoms with E-state index in [1.807, 2.05) is 35.0 Å². The highest BCUT2D eigenvalue weighted by molar-refractivity contribution is 5.64. The number of carboxylic acid groups (broad SMARTS) is 1. The van der Waals surface area contributed by atoms with E-state index in [0.29, 0.717) is 23.6 Å². The van der Waals surface area contributed by atoms with E-state index in [0.717, 1.165) is 0 Å². The molecule has 0 aliphatic carbocycles. The van der Waals surface area contributed by atoms with Crippen molar-refractivity contribution >= 4 is 5.97 Å². The largest absolute Gasteiger partial charge is 0.550 e. The lowest BCUT2D eigenvalue weighted by Crippen LogP contribution is -2.44. The van der Waals surface area contributed by atoms with Crippen LogP contribution in [0.5, 0.6) is 0 Å². The third-order valence-electron chi connectivity index (χ3n) is 1.81. The van der Waals surface area contributed by atoms with Crippen LogP contribution in [0.25, 0.3) is 0 Å². The second kappa shape index (κ2) is 6.08. The molecule has 4 heteroatoms. The zero-order valence-electron chi connectivity index (χ0n) is 10.4. The van der Waals surface area contributed by atoms with E-state index < -0.39 is 5.97 Å². The van der Waals surface area contributed by atoms with Crippen LogP contribution >= 0.6 is 0 Å². The summed E-state index contributed by atoms with van der Waals surface area (Å²) in [6.45, 7) is 5.36. The topological polar surface area (TPSA) is 49.4 Å². The SMILES string of the molecule is CC(C)CO[C@H](CC(=O)[O-])C[N+](C)(C)C. The average molecular weight is 217 g/mol. The second-order valence-corrected chi connectivity index (χ2v) is 5.40. The van der Waals surface area contributed by atoms with Crippen LogP contribution in [0, 0.1) is 5.92 Å². The minimum Gasteiger partial charge on any atom is -0.550 e. The van der Waals surface area contributed by atoms with E-state index in [1.54, 1.807) is 0 Å². The van der Waals surface area contributed by atoms with Gasteiger partial charge in [-0.2, -0.15) is 0 Å². The van der Waals surface area contributed by atoms with Crippen molar-refractivity contribution in [3.05, 3.63) is 0 Å². The first-order valence-corrected chi connectivity index (χ1v) is 5.32. The summed E-state index contributed by atoms with van der Waals surface area (Å²) in [7, 11) is 6.04. The highest BCUT2D eigenvalue weighted by Crippen LogP contribution is 2.06. The van der Waals surface area contributed by atoms with Crippen molar-refractivity contribution in [2.45, 2.75) is 26.4 Å². The van der Waals surface area contributed by atoms with E-state index >= 15 is 0 Å². The number of nitrogens with zero attached hydrogens (tertiary/aromatic N) is 1. The summed E-state index contributed by atoms with van der Waals surface area (Å²) >= 11 is 0. The fourth-order valence-electron chi connectivity index (χ4n) is 1.30. The van der Waals surface area contributed by atoms with Crippen molar-refractivity contribution in [2.75, 3.05) is 34.3 Å². The minimum absolute atomic E-state index is 0.0256. The maximum atomic E-state index is 10.5. The first-order valence-electron chi connectivity index (χ1n) is 5.32. The number of carbonyl (C=O) groups is 1. The lowest BCUT2D eigenvalue weighted by Gasteiger charge is -2.29. The molecule has 0 aromatic rings. The lowest BCUT2D eigenvalue weighted by atomic mass is 10.2. The number of rotatable bonds is 7. The molecular weight excluding hydrogens is 194 g/mol. The molecule has 0 saturated heterocycles. The molecule has 1 atom stereocenters. The minimum atomic E-state index is -1.04. The predicted molar refractivity (Wildman–Crippen MR) is 57.1 cm³/mol. The zero-order valence-corrected chi connectivity index (χ0v) is 10.4. The van der Waals surface area contributed by atoms with Gasteiger partial charge in [0.25, 0.3) is 0 Å². The van der Waals surface area contributed by atoms with Gasteiger partial charge in [-0.3, -0.25) is 0 Å². The van der Waals surface area contributed by atoms with E-state index in [-0.39, 0.29) is 12.5 Å². The van der Waals surface area contributed by atoms with Crippen LogP contribution in [0.1, 0.15) is 20.3 Å². The Morgan fingerprint density at radius 1 is 1.33 bits per heavy atom. The van der Waals surface area contributed by atoms with Crippen molar-refractivity contribution in [3.63, 3.8) is 0 Å². The summed E-state index contributed by atoms with van der Waals surface area (Å²) < 4.78 is 6.24. The Morgan fingerprint density at radius 2 is 1.87 bits per heavy atom. The summed E-state index contributed by atoms with van der Waals surface area (Å²) in [6.07, 6.45) is -0.278. The number of quaternary nitrogens is 1. The third-order valence-corrected chi connectivity index (χ3v) is 1.81. The molecule has 0 rings (SSSR count). The van der Waals surface area contributed by atoms with Gasteiger partial charge in [0.1, 0.15) is 12.6 Å². The molecule has 0 amide bonds. The number of carboxylic acids is 1. The fourth-order valence-corrected chi connectivity index (χ4v) is 1.30.